The predicted molar refractivity (Wildman–Crippen MR) is 71.1 cm³/mol. The Balaban J connectivity index is 2.36. The van der Waals surface area contributed by atoms with Crippen LogP contribution in [0, 0.1) is 13.8 Å². The molecule has 0 saturated heterocycles. The minimum atomic E-state index is 0.163. The summed E-state index contributed by atoms with van der Waals surface area (Å²) in [6, 6.07) is 14.9. The van der Waals surface area contributed by atoms with Crippen LogP contribution in [-0.4, -0.2) is 12.0 Å². The molecule has 88 valence electrons. The molecule has 0 aliphatic rings. The van der Waals surface area contributed by atoms with Crippen LogP contribution in [0.2, 0.25) is 0 Å². The summed E-state index contributed by atoms with van der Waals surface area (Å²) in [5.41, 5.74) is 4.64. The molecule has 1 N–H and O–H groups in total. The van der Waals surface area contributed by atoms with Gasteiger partial charge in [-0.3, -0.25) is 4.98 Å². The summed E-state index contributed by atoms with van der Waals surface area (Å²) in [6.07, 6.45) is 0. The number of nitrogens with one attached hydrogen (secondary N) is 1. The van der Waals surface area contributed by atoms with Gasteiger partial charge in [-0.25, -0.2) is 0 Å². The number of aryl methyl sites for hydroxylation is 2. The van der Waals surface area contributed by atoms with Crippen LogP contribution in [0.15, 0.2) is 42.5 Å². The van der Waals surface area contributed by atoms with Crippen molar-refractivity contribution in [2.75, 3.05) is 7.05 Å². The summed E-state index contributed by atoms with van der Waals surface area (Å²) in [5.74, 6) is 0. The van der Waals surface area contributed by atoms with Gasteiger partial charge in [0.05, 0.1) is 11.7 Å². The average molecular weight is 226 g/mol. The highest BCUT2D eigenvalue weighted by Crippen LogP contribution is 2.20. The zero-order valence-corrected chi connectivity index (χ0v) is 10.6. The van der Waals surface area contributed by atoms with Gasteiger partial charge in [0.2, 0.25) is 0 Å². The minimum Gasteiger partial charge on any atom is -0.308 e. The van der Waals surface area contributed by atoms with Crippen LogP contribution in [0.4, 0.5) is 0 Å². The summed E-state index contributed by atoms with van der Waals surface area (Å²) >= 11 is 0. The molecule has 0 aliphatic carbocycles. The van der Waals surface area contributed by atoms with Crippen molar-refractivity contribution in [2.45, 2.75) is 19.9 Å². The molecule has 1 atom stereocenters. The normalized spacial score (nSPS) is 12.4. The van der Waals surface area contributed by atoms with Crippen LogP contribution in [0.25, 0.3) is 0 Å². The first-order chi connectivity index (χ1) is 8.20. The van der Waals surface area contributed by atoms with Gasteiger partial charge in [-0.05, 0) is 38.6 Å². The van der Waals surface area contributed by atoms with E-state index in [9.17, 15) is 0 Å². The molecule has 1 aromatic carbocycles. The molecule has 0 aliphatic heterocycles. The maximum absolute atomic E-state index is 4.58. The highest BCUT2D eigenvalue weighted by atomic mass is 14.9. The molecule has 17 heavy (non-hydrogen) atoms. The van der Waals surface area contributed by atoms with Gasteiger partial charge in [0.15, 0.2) is 0 Å². The van der Waals surface area contributed by atoms with E-state index in [0.29, 0.717) is 0 Å². The standard InChI is InChI=1S/C15H18N2/c1-11-7-9-13(10-8-11)15(16-3)14-6-4-5-12(2)17-14/h4-10,15-16H,1-3H3. The Morgan fingerprint density at radius 2 is 1.71 bits per heavy atom. The van der Waals surface area contributed by atoms with E-state index in [-0.39, 0.29) is 6.04 Å². The molecule has 0 saturated carbocycles. The van der Waals surface area contributed by atoms with Gasteiger partial charge < -0.3 is 5.32 Å². The molecule has 0 amide bonds. The van der Waals surface area contributed by atoms with Gasteiger partial charge in [0, 0.05) is 5.69 Å². The van der Waals surface area contributed by atoms with Crippen LogP contribution in [0.5, 0.6) is 0 Å². The number of aromatic nitrogens is 1. The number of rotatable bonds is 3. The molecule has 1 unspecified atom stereocenters. The van der Waals surface area contributed by atoms with Crippen molar-refractivity contribution in [3.63, 3.8) is 0 Å². The third kappa shape index (κ3) is 2.71. The van der Waals surface area contributed by atoms with Crippen molar-refractivity contribution in [1.29, 1.82) is 0 Å². The topological polar surface area (TPSA) is 24.9 Å². The van der Waals surface area contributed by atoms with Crippen molar-refractivity contribution < 1.29 is 0 Å². The maximum Gasteiger partial charge on any atom is 0.0749 e. The first kappa shape index (κ1) is 11.8. The van der Waals surface area contributed by atoms with Crippen LogP contribution in [0.1, 0.15) is 28.6 Å². The molecular formula is C15H18N2. The number of hydrogen-bond donors (Lipinski definition) is 1. The SMILES string of the molecule is CNC(c1ccc(C)cc1)c1cccc(C)n1. The summed E-state index contributed by atoms with van der Waals surface area (Å²) in [7, 11) is 1.97. The predicted octanol–water partition coefficient (Wildman–Crippen LogP) is 3.01. The Labute approximate surface area is 103 Å². The smallest absolute Gasteiger partial charge is 0.0749 e. The first-order valence-corrected chi connectivity index (χ1v) is 5.88. The van der Waals surface area contributed by atoms with E-state index in [1.54, 1.807) is 0 Å². The van der Waals surface area contributed by atoms with Crippen molar-refractivity contribution in [2.24, 2.45) is 0 Å². The number of nitrogens with zero attached hydrogens (tertiary/aromatic N) is 1. The molecule has 0 fully saturated rings. The van der Waals surface area contributed by atoms with Gasteiger partial charge in [0.25, 0.3) is 0 Å². The lowest BCUT2D eigenvalue weighted by atomic mass is 10.0. The summed E-state index contributed by atoms with van der Waals surface area (Å²) in [6.45, 7) is 4.12. The van der Waals surface area contributed by atoms with Gasteiger partial charge in [-0.15, -0.1) is 0 Å². The summed E-state index contributed by atoms with van der Waals surface area (Å²) in [5, 5.41) is 3.32. The second-order valence-corrected chi connectivity index (χ2v) is 4.34. The largest absolute Gasteiger partial charge is 0.308 e. The van der Waals surface area contributed by atoms with E-state index in [0.717, 1.165) is 11.4 Å². The third-order valence-electron chi connectivity index (χ3n) is 2.90. The van der Waals surface area contributed by atoms with Gasteiger partial charge in [0.1, 0.15) is 0 Å². The number of pyridine rings is 1. The average Bonchev–Trinajstić information content (AvgIpc) is 2.33. The molecule has 1 heterocycles. The molecule has 2 nitrogen and oxygen atoms in total. The molecule has 2 aromatic rings. The summed E-state index contributed by atoms with van der Waals surface area (Å²) < 4.78 is 0. The zero-order valence-electron chi connectivity index (χ0n) is 10.6. The van der Waals surface area contributed by atoms with E-state index < -0.39 is 0 Å². The Hall–Kier alpha value is -1.67. The van der Waals surface area contributed by atoms with E-state index in [4.69, 9.17) is 0 Å². The fourth-order valence-electron chi connectivity index (χ4n) is 1.97. The Kier molecular flexibility index (Phi) is 3.55. The van der Waals surface area contributed by atoms with Crippen LogP contribution in [0.3, 0.4) is 0 Å². The molecular weight excluding hydrogens is 208 g/mol. The third-order valence-corrected chi connectivity index (χ3v) is 2.90. The molecule has 2 heteroatoms. The van der Waals surface area contributed by atoms with Crippen molar-refractivity contribution in [3.8, 4) is 0 Å². The fraction of sp³-hybridized carbons (Fsp3) is 0.267. The quantitative estimate of drug-likeness (QED) is 0.870. The van der Waals surface area contributed by atoms with Crippen molar-refractivity contribution in [3.05, 3.63) is 65.0 Å². The maximum atomic E-state index is 4.58. The molecule has 0 spiro atoms. The van der Waals surface area contributed by atoms with Crippen LogP contribution in [-0.2, 0) is 0 Å². The highest BCUT2D eigenvalue weighted by Gasteiger charge is 2.12. The minimum absolute atomic E-state index is 0.163. The number of hydrogen-bond acceptors (Lipinski definition) is 2. The first-order valence-electron chi connectivity index (χ1n) is 5.88. The second-order valence-electron chi connectivity index (χ2n) is 4.34. The Bertz CT molecular complexity index is 489. The second kappa shape index (κ2) is 5.11. The van der Waals surface area contributed by atoms with E-state index in [1.165, 1.54) is 11.1 Å². The molecule has 0 radical (unpaired) electrons. The lowest BCUT2D eigenvalue weighted by molar-refractivity contribution is 0.668. The lowest BCUT2D eigenvalue weighted by Crippen LogP contribution is -2.19. The van der Waals surface area contributed by atoms with Gasteiger partial charge >= 0.3 is 0 Å². The zero-order chi connectivity index (χ0) is 12.3. The Morgan fingerprint density at radius 3 is 2.29 bits per heavy atom. The van der Waals surface area contributed by atoms with Crippen molar-refractivity contribution in [1.82, 2.24) is 10.3 Å². The van der Waals surface area contributed by atoms with Crippen LogP contribution >= 0.6 is 0 Å². The molecule has 0 bridgehead atoms. The van der Waals surface area contributed by atoms with Crippen LogP contribution < -0.4 is 5.32 Å². The van der Waals surface area contributed by atoms with Gasteiger partial charge in [-0.2, -0.15) is 0 Å². The number of benzene rings is 1. The fourth-order valence-corrected chi connectivity index (χ4v) is 1.97. The molecule has 1 aromatic heterocycles. The monoisotopic (exact) mass is 226 g/mol. The molecule has 2 rings (SSSR count). The van der Waals surface area contributed by atoms with E-state index in [2.05, 4.69) is 53.6 Å². The van der Waals surface area contributed by atoms with E-state index in [1.807, 2.05) is 20.0 Å². The van der Waals surface area contributed by atoms with Gasteiger partial charge in [-0.1, -0.05) is 35.9 Å². The van der Waals surface area contributed by atoms with Crippen molar-refractivity contribution >= 4 is 0 Å². The van der Waals surface area contributed by atoms with E-state index >= 15 is 0 Å². The Morgan fingerprint density at radius 1 is 1.00 bits per heavy atom. The highest BCUT2D eigenvalue weighted by molar-refractivity contribution is 5.30. The summed E-state index contributed by atoms with van der Waals surface area (Å²) in [4.78, 5) is 4.58. The lowest BCUT2D eigenvalue weighted by Gasteiger charge is -2.16.